The van der Waals surface area contributed by atoms with Gasteiger partial charge in [0.2, 0.25) is 6.29 Å². The summed E-state index contributed by atoms with van der Waals surface area (Å²) in [6.45, 7) is 0. The topological polar surface area (TPSA) is 43.1 Å². The number of rotatable bonds is 1. The molecule has 0 aliphatic rings. The van der Waals surface area contributed by atoms with Crippen LogP contribution in [0.4, 0.5) is 0 Å². The molecule has 0 unspecified atom stereocenters. The highest BCUT2D eigenvalue weighted by molar-refractivity contribution is 7.07. The molecule has 0 spiro atoms. The van der Waals surface area contributed by atoms with Gasteiger partial charge in [0.1, 0.15) is 6.26 Å². The summed E-state index contributed by atoms with van der Waals surface area (Å²) in [6, 6.07) is 4.04. The summed E-state index contributed by atoms with van der Waals surface area (Å²) in [5, 5.41) is 4.08. The molecule has 0 amide bonds. The zero-order valence-electron chi connectivity index (χ0n) is 6.21. The molecule has 0 atom stereocenters. The Labute approximate surface area is 73.7 Å². The molecule has 0 aliphatic carbocycles. The van der Waals surface area contributed by atoms with Gasteiger partial charge in [0.25, 0.3) is 5.89 Å². The van der Waals surface area contributed by atoms with Gasteiger partial charge in [-0.2, -0.15) is 11.3 Å². The minimum Gasteiger partial charge on any atom is -0.443 e. The second kappa shape index (κ2) is 5.26. The van der Waals surface area contributed by atoms with Gasteiger partial charge in [0.05, 0.1) is 6.20 Å². The lowest BCUT2D eigenvalue weighted by Gasteiger charge is -1.66. The van der Waals surface area contributed by atoms with E-state index < -0.39 is 0 Å². The number of thiophene rings is 1. The molecule has 0 aliphatic heterocycles. The lowest BCUT2D eigenvalue weighted by atomic mass is 10.7. The van der Waals surface area contributed by atoms with Crippen LogP contribution in [0.15, 0.2) is 39.8 Å². The summed E-state index contributed by atoms with van der Waals surface area (Å²) in [7, 11) is 0. The Morgan fingerprint density at radius 3 is 2.42 bits per heavy atom. The van der Waals surface area contributed by atoms with Crippen LogP contribution in [0.3, 0.4) is 0 Å². The van der Waals surface area contributed by atoms with Crippen LogP contribution in [0.5, 0.6) is 0 Å². The summed E-state index contributed by atoms with van der Waals surface area (Å²) in [5.74, 6) is 0.125. The summed E-state index contributed by atoms with van der Waals surface area (Å²) in [5.41, 5.74) is 0. The Bertz CT molecular complexity index is 271. The molecule has 0 aromatic carbocycles. The molecule has 0 bridgehead atoms. The van der Waals surface area contributed by atoms with Gasteiger partial charge < -0.3 is 4.42 Å². The van der Waals surface area contributed by atoms with Gasteiger partial charge >= 0.3 is 0 Å². The maximum atomic E-state index is 9.71. The van der Waals surface area contributed by atoms with Crippen LogP contribution in [-0.2, 0) is 0 Å². The van der Waals surface area contributed by atoms with Crippen LogP contribution in [0, 0.1) is 0 Å². The van der Waals surface area contributed by atoms with Crippen molar-refractivity contribution >= 4 is 17.6 Å². The lowest BCUT2D eigenvalue weighted by molar-refractivity contribution is 0.109. The highest BCUT2D eigenvalue weighted by Gasteiger charge is 1.86. The Morgan fingerprint density at radius 1 is 1.42 bits per heavy atom. The van der Waals surface area contributed by atoms with Gasteiger partial charge in [-0.3, -0.25) is 4.79 Å². The van der Waals surface area contributed by atoms with Gasteiger partial charge in [-0.25, -0.2) is 4.98 Å². The van der Waals surface area contributed by atoms with Crippen LogP contribution in [0.1, 0.15) is 10.7 Å². The normalized spacial score (nSPS) is 8.33. The minimum absolute atomic E-state index is 0.125. The van der Waals surface area contributed by atoms with Gasteiger partial charge in [-0.05, 0) is 10.8 Å². The zero-order valence-corrected chi connectivity index (χ0v) is 7.03. The van der Waals surface area contributed by atoms with E-state index in [9.17, 15) is 4.79 Å². The highest BCUT2D eigenvalue weighted by Crippen LogP contribution is 1.91. The van der Waals surface area contributed by atoms with Crippen molar-refractivity contribution in [2.75, 3.05) is 0 Å². The van der Waals surface area contributed by atoms with E-state index in [0.29, 0.717) is 6.29 Å². The predicted octanol–water partition coefficient (Wildman–Crippen LogP) is 2.24. The second-order valence-corrected chi connectivity index (χ2v) is 2.60. The molecule has 3 nitrogen and oxygen atoms in total. The van der Waals surface area contributed by atoms with Crippen LogP contribution >= 0.6 is 11.3 Å². The molecule has 2 aromatic rings. The van der Waals surface area contributed by atoms with Crippen LogP contribution < -0.4 is 0 Å². The summed E-state index contributed by atoms with van der Waals surface area (Å²) in [4.78, 5) is 13.2. The minimum atomic E-state index is 0.125. The molecule has 0 N–H and O–H groups in total. The lowest BCUT2D eigenvalue weighted by Crippen LogP contribution is -1.72. The monoisotopic (exact) mass is 181 g/mol. The number of hydrogen-bond donors (Lipinski definition) is 0. The third-order valence-corrected chi connectivity index (χ3v) is 1.61. The van der Waals surface area contributed by atoms with Crippen molar-refractivity contribution in [3.63, 3.8) is 0 Å². The molecule has 0 saturated heterocycles. The fraction of sp³-hybridized carbons (Fsp3) is 0. The number of hydrogen-bond acceptors (Lipinski definition) is 4. The van der Waals surface area contributed by atoms with E-state index in [1.54, 1.807) is 11.3 Å². The molecule has 2 aromatic heterocycles. The van der Waals surface area contributed by atoms with Crippen molar-refractivity contribution in [2.45, 2.75) is 0 Å². The SMILES string of the molecule is O=Cc1ncco1.c1ccsc1. The molecule has 2 rings (SSSR count). The Kier molecular flexibility index (Phi) is 3.80. The fourth-order valence-electron chi connectivity index (χ4n) is 0.519. The van der Waals surface area contributed by atoms with Gasteiger partial charge in [0.15, 0.2) is 0 Å². The van der Waals surface area contributed by atoms with Crippen molar-refractivity contribution in [1.82, 2.24) is 4.98 Å². The van der Waals surface area contributed by atoms with Crippen molar-refractivity contribution in [3.8, 4) is 0 Å². The van der Waals surface area contributed by atoms with E-state index >= 15 is 0 Å². The van der Waals surface area contributed by atoms with Crippen LogP contribution in [-0.4, -0.2) is 11.3 Å². The summed E-state index contributed by atoms with van der Waals surface area (Å²) < 4.78 is 4.50. The molecule has 12 heavy (non-hydrogen) atoms. The second-order valence-electron chi connectivity index (χ2n) is 1.78. The molecular weight excluding hydrogens is 174 g/mol. The molecule has 2 heterocycles. The average molecular weight is 181 g/mol. The van der Waals surface area contributed by atoms with Gasteiger partial charge in [-0.1, -0.05) is 12.1 Å². The third-order valence-electron chi connectivity index (χ3n) is 0.978. The quantitative estimate of drug-likeness (QED) is 0.633. The maximum Gasteiger partial charge on any atom is 0.259 e. The summed E-state index contributed by atoms with van der Waals surface area (Å²) in [6.07, 6.45) is 3.33. The number of nitrogens with zero attached hydrogens (tertiary/aromatic N) is 1. The maximum absolute atomic E-state index is 9.71. The first-order valence-electron chi connectivity index (χ1n) is 3.25. The van der Waals surface area contributed by atoms with Crippen molar-refractivity contribution < 1.29 is 9.21 Å². The largest absolute Gasteiger partial charge is 0.443 e. The third kappa shape index (κ3) is 3.12. The Morgan fingerprint density at radius 2 is 2.17 bits per heavy atom. The van der Waals surface area contributed by atoms with E-state index in [1.807, 2.05) is 22.9 Å². The highest BCUT2D eigenvalue weighted by atomic mass is 32.1. The number of oxazole rings is 1. The van der Waals surface area contributed by atoms with Gasteiger partial charge in [-0.15, -0.1) is 0 Å². The van der Waals surface area contributed by atoms with E-state index in [2.05, 4.69) is 9.40 Å². The smallest absolute Gasteiger partial charge is 0.259 e. The predicted molar refractivity (Wildman–Crippen MR) is 46.2 cm³/mol. The first-order chi connectivity index (χ1) is 5.93. The molecule has 0 radical (unpaired) electrons. The number of aldehydes is 1. The molecule has 0 fully saturated rings. The Balaban J connectivity index is 0.000000127. The Hall–Kier alpha value is -1.42. The fourth-order valence-corrected chi connectivity index (χ4v) is 0.973. The van der Waals surface area contributed by atoms with Gasteiger partial charge in [0, 0.05) is 0 Å². The molecule has 4 heteroatoms. The average Bonchev–Trinajstić information content (AvgIpc) is 2.81. The number of carbonyl (C=O) groups is 1. The van der Waals surface area contributed by atoms with E-state index in [1.165, 1.54) is 12.5 Å². The first-order valence-corrected chi connectivity index (χ1v) is 4.19. The zero-order chi connectivity index (χ0) is 8.65. The van der Waals surface area contributed by atoms with Crippen molar-refractivity contribution in [1.29, 1.82) is 0 Å². The first kappa shape index (κ1) is 8.67. The van der Waals surface area contributed by atoms with E-state index in [-0.39, 0.29) is 5.89 Å². The van der Waals surface area contributed by atoms with Crippen molar-refractivity contribution in [2.24, 2.45) is 0 Å². The van der Waals surface area contributed by atoms with Crippen LogP contribution in [0.2, 0.25) is 0 Å². The summed E-state index contributed by atoms with van der Waals surface area (Å²) >= 11 is 1.71. The van der Waals surface area contributed by atoms with E-state index in [4.69, 9.17) is 0 Å². The van der Waals surface area contributed by atoms with Crippen LogP contribution in [0.25, 0.3) is 0 Å². The van der Waals surface area contributed by atoms with E-state index in [0.717, 1.165) is 0 Å². The molecule has 0 saturated carbocycles. The number of carbonyl (C=O) groups excluding carboxylic acids is 1. The van der Waals surface area contributed by atoms with Crippen molar-refractivity contribution in [3.05, 3.63) is 41.2 Å². The standard InChI is InChI=1S/C4H3NO2.C4H4S/c6-3-4-5-1-2-7-4;1-2-4-5-3-1/h1-3H;1-4H. The molecule has 62 valence electrons. The molecular formula is C8H7NO2S. The number of aromatic nitrogens is 1.